The highest BCUT2D eigenvalue weighted by molar-refractivity contribution is 7.13. The third-order valence-electron chi connectivity index (χ3n) is 6.53. The fraction of sp³-hybridized carbons (Fsp3) is 0.375. The number of carbonyl (C=O) groups is 1. The molecular formula is C24H24ClN3O2S. The van der Waals surface area contributed by atoms with E-state index >= 15 is 0 Å². The molecule has 1 aromatic carbocycles. The van der Waals surface area contributed by atoms with Crippen LogP contribution in [0.1, 0.15) is 31.2 Å². The van der Waals surface area contributed by atoms with E-state index in [2.05, 4.69) is 5.10 Å². The van der Waals surface area contributed by atoms with E-state index in [1.165, 1.54) is 0 Å². The second-order valence-electron chi connectivity index (χ2n) is 8.54. The van der Waals surface area contributed by atoms with Crippen molar-refractivity contribution in [3.05, 3.63) is 74.9 Å². The van der Waals surface area contributed by atoms with Crippen LogP contribution in [0.4, 0.5) is 0 Å². The van der Waals surface area contributed by atoms with Crippen LogP contribution in [0.25, 0.3) is 10.6 Å². The van der Waals surface area contributed by atoms with Gasteiger partial charge in [0.25, 0.3) is 5.56 Å². The van der Waals surface area contributed by atoms with Crippen LogP contribution >= 0.6 is 22.9 Å². The van der Waals surface area contributed by atoms with Crippen molar-refractivity contribution < 1.29 is 4.79 Å². The minimum absolute atomic E-state index is 0.0708. The van der Waals surface area contributed by atoms with Gasteiger partial charge in [-0.25, -0.2) is 4.68 Å². The fourth-order valence-electron chi connectivity index (χ4n) is 4.52. The Balaban J connectivity index is 1.23. The quantitative estimate of drug-likeness (QED) is 0.567. The molecule has 2 fully saturated rings. The van der Waals surface area contributed by atoms with Crippen LogP contribution in [0.2, 0.25) is 5.02 Å². The predicted molar refractivity (Wildman–Crippen MR) is 123 cm³/mol. The van der Waals surface area contributed by atoms with Crippen molar-refractivity contribution in [2.75, 3.05) is 13.1 Å². The number of aromatic nitrogens is 2. The number of piperidine rings is 1. The second kappa shape index (κ2) is 8.24. The monoisotopic (exact) mass is 453 g/mol. The highest BCUT2D eigenvalue weighted by Gasteiger charge is 2.53. The molecule has 1 saturated heterocycles. The Morgan fingerprint density at radius 2 is 1.84 bits per heavy atom. The van der Waals surface area contributed by atoms with Crippen molar-refractivity contribution in [3.8, 4) is 10.6 Å². The molecule has 2 aromatic heterocycles. The van der Waals surface area contributed by atoms with Gasteiger partial charge >= 0.3 is 0 Å². The minimum Gasteiger partial charge on any atom is -0.342 e. The Kier molecular flexibility index (Phi) is 5.44. The van der Waals surface area contributed by atoms with E-state index in [0.717, 1.165) is 54.9 Å². The van der Waals surface area contributed by atoms with Crippen LogP contribution in [0.15, 0.2) is 58.7 Å². The maximum atomic E-state index is 13.3. The molecule has 2 aliphatic rings. The summed E-state index contributed by atoms with van der Waals surface area (Å²) in [7, 11) is 0. The molecule has 0 bridgehead atoms. The fourth-order valence-corrected chi connectivity index (χ4v) is 5.34. The molecule has 3 aromatic rings. The van der Waals surface area contributed by atoms with Crippen molar-refractivity contribution in [1.82, 2.24) is 14.7 Å². The number of hydrogen-bond donors (Lipinski definition) is 0. The number of carbonyl (C=O) groups excluding carboxylic acids is 1. The summed E-state index contributed by atoms with van der Waals surface area (Å²) in [6.45, 7) is 2.07. The molecule has 160 valence electrons. The standard InChI is InChI=1S/C24H24ClN3O2S/c25-19-5-3-18(4-6-19)24(11-12-24)23(30)27-13-9-17(10-14-27)16-28-22(29)8-7-20(26-28)21-2-1-15-31-21/h1-8,15,17H,9-14,16H2. The van der Waals surface area contributed by atoms with E-state index in [1.807, 2.05) is 46.7 Å². The topological polar surface area (TPSA) is 55.2 Å². The zero-order valence-electron chi connectivity index (χ0n) is 17.2. The molecule has 0 atom stereocenters. The number of amides is 1. The van der Waals surface area contributed by atoms with Gasteiger partial charge in [0.15, 0.2) is 0 Å². The summed E-state index contributed by atoms with van der Waals surface area (Å²) in [4.78, 5) is 28.7. The van der Waals surface area contributed by atoms with Crippen molar-refractivity contribution in [2.45, 2.75) is 37.6 Å². The van der Waals surface area contributed by atoms with Gasteiger partial charge in [0.05, 0.1) is 10.3 Å². The first-order chi connectivity index (χ1) is 15.0. The summed E-state index contributed by atoms with van der Waals surface area (Å²) in [6.07, 6.45) is 3.59. The summed E-state index contributed by atoms with van der Waals surface area (Å²) in [5.41, 5.74) is 1.48. The molecule has 7 heteroatoms. The molecule has 3 heterocycles. The molecule has 1 aliphatic carbocycles. The third kappa shape index (κ3) is 4.06. The number of hydrogen-bond acceptors (Lipinski definition) is 4. The zero-order valence-corrected chi connectivity index (χ0v) is 18.7. The summed E-state index contributed by atoms with van der Waals surface area (Å²) >= 11 is 7.64. The first kappa shape index (κ1) is 20.5. The maximum Gasteiger partial charge on any atom is 0.266 e. The number of halogens is 1. The van der Waals surface area contributed by atoms with E-state index in [1.54, 1.807) is 28.2 Å². The Hall–Kier alpha value is -2.44. The summed E-state index contributed by atoms with van der Waals surface area (Å²) in [5.74, 6) is 0.585. The summed E-state index contributed by atoms with van der Waals surface area (Å²) in [5, 5.41) is 7.29. The summed E-state index contributed by atoms with van der Waals surface area (Å²) in [6, 6.07) is 15.1. The molecule has 0 spiro atoms. The van der Waals surface area contributed by atoms with Crippen LogP contribution in [-0.2, 0) is 16.8 Å². The average molecular weight is 454 g/mol. The van der Waals surface area contributed by atoms with Crippen molar-refractivity contribution in [1.29, 1.82) is 0 Å². The lowest BCUT2D eigenvalue weighted by Gasteiger charge is -2.34. The second-order valence-corrected chi connectivity index (χ2v) is 9.92. The molecule has 0 N–H and O–H groups in total. The van der Waals surface area contributed by atoms with Crippen LogP contribution in [0, 0.1) is 5.92 Å². The van der Waals surface area contributed by atoms with Crippen LogP contribution in [-0.4, -0.2) is 33.7 Å². The van der Waals surface area contributed by atoms with Crippen LogP contribution in [0.5, 0.6) is 0 Å². The van der Waals surface area contributed by atoms with Crippen molar-refractivity contribution >= 4 is 28.8 Å². The Labute approximate surface area is 190 Å². The van der Waals surface area contributed by atoms with Gasteiger partial charge in [-0.1, -0.05) is 29.8 Å². The first-order valence-corrected chi connectivity index (χ1v) is 12.0. The molecule has 5 rings (SSSR count). The van der Waals surface area contributed by atoms with Crippen molar-refractivity contribution in [2.24, 2.45) is 5.92 Å². The van der Waals surface area contributed by atoms with Gasteiger partial charge < -0.3 is 4.90 Å². The van der Waals surface area contributed by atoms with Gasteiger partial charge in [-0.3, -0.25) is 9.59 Å². The van der Waals surface area contributed by atoms with E-state index < -0.39 is 0 Å². The van der Waals surface area contributed by atoms with E-state index in [4.69, 9.17) is 11.6 Å². The number of benzene rings is 1. The van der Waals surface area contributed by atoms with Gasteiger partial charge in [-0.05, 0) is 66.8 Å². The molecule has 0 radical (unpaired) electrons. The molecule has 0 unspecified atom stereocenters. The van der Waals surface area contributed by atoms with Gasteiger partial charge in [-0.15, -0.1) is 11.3 Å². The van der Waals surface area contributed by atoms with Gasteiger partial charge in [-0.2, -0.15) is 5.10 Å². The highest BCUT2D eigenvalue weighted by atomic mass is 35.5. The Bertz CT molecular complexity index is 1130. The molecule has 1 amide bonds. The first-order valence-electron chi connectivity index (χ1n) is 10.7. The van der Waals surface area contributed by atoms with Crippen LogP contribution < -0.4 is 5.56 Å². The number of likely N-dealkylation sites (tertiary alicyclic amines) is 1. The normalized spacial score (nSPS) is 18.2. The van der Waals surface area contributed by atoms with E-state index in [9.17, 15) is 9.59 Å². The van der Waals surface area contributed by atoms with Gasteiger partial charge in [0.2, 0.25) is 5.91 Å². The zero-order chi connectivity index (χ0) is 21.4. The minimum atomic E-state index is -0.356. The van der Waals surface area contributed by atoms with Crippen molar-refractivity contribution in [3.63, 3.8) is 0 Å². The molecule has 1 saturated carbocycles. The van der Waals surface area contributed by atoms with E-state index in [0.29, 0.717) is 17.5 Å². The Morgan fingerprint density at radius 1 is 1.10 bits per heavy atom. The average Bonchev–Trinajstić information content (AvgIpc) is 3.41. The van der Waals surface area contributed by atoms with Crippen LogP contribution in [0.3, 0.4) is 0 Å². The molecule has 31 heavy (non-hydrogen) atoms. The van der Waals surface area contributed by atoms with Gasteiger partial charge in [0.1, 0.15) is 5.69 Å². The highest BCUT2D eigenvalue weighted by Crippen LogP contribution is 2.50. The lowest BCUT2D eigenvalue weighted by molar-refractivity contribution is -0.135. The molecular weight excluding hydrogens is 430 g/mol. The smallest absolute Gasteiger partial charge is 0.266 e. The van der Waals surface area contributed by atoms with E-state index in [-0.39, 0.29) is 16.9 Å². The Morgan fingerprint density at radius 3 is 2.48 bits per heavy atom. The SMILES string of the molecule is O=C(N1CCC(Cn2nc(-c3cccs3)ccc2=O)CC1)C1(c2ccc(Cl)cc2)CC1. The van der Waals surface area contributed by atoms with Gasteiger partial charge in [0, 0.05) is 30.7 Å². The number of nitrogens with zero attached hydrogens (tertiary/aromatic N) is 3. The predicted octanol–water partition coefficient (Wildman–Crippen LogP) is 4.60. The number of thiophene rings is 1. The lowest BCUT2D eigenvalue weighted by atomic mass is 9.91. The largest absolute Gasteiger partial charge is 0.342 e. The number of rotatable bonds is 5. The lowest BCUT2D eigenvalue weighted by Crippen LogP contribution is -2.45. The third-order valence-corrected chi connectivity index (χ3v) is 7.67. The molecule has 5 nitrogen and oxygen atoms in total. The molecule has 1 aliphatic heterocycles. The summed E-state index contributed by atoms with van der Waals surface area (Å²) < 4.78 is 1.59. The maximum absolute atomic E-state index is 13.3.